The van der Waals surface area contributed by atoms with Crippen LogP contribution in [0, 0.1) is 0 Å². The van der Waals surface area contributed by atoms with Crippen LogP contribution in [0.15, 0.2) is 28.7 Å². The average Bonchev–Trinajstić information content (AvgIpc) is 2.46. The van der Waals surface area contributed by atoms with Crippen molar-refractivity contribution in [1.29, 1.82) is 0 Å². The Balaban J connectivity index is 2.68. The number of fused-ring (bicyclic) bond motifs is 1. The van der Waals surface area contributed by atoms with Crippen molar-refractivity contribution in [2.75, 3.05) is 0 Å². The minimum atomic E-state index is 0.0623. The van der Waals surface area contributed by atoms with Crippen LogP contribution in [0.25, 0.3) is 10.9 Å². The molecule has 2 aromatic rings. The molecule has 0 saturated carbocycles. The first-order valence-corrected chi connectivity index (χ1v) is 4.75. The Labute approximate surface area is 84.1 Å². The molecule has 0 amide bonds. The average molecular weight is 238 g/mol. The highest BCUT2D eigenvalue weighted by Gasteiger charge is 2.03. The minimum Gasteiger partial charge on any atom is -0.352 e. The number of Topliss-reactive ketones (excluding diaryl/α,β-unsaturated/α-hetero) is 1. The van der Waals surface area contributed by atoms with E-state index >= 15 is 0 Å². The summed E-state index contributed by atoms with van der Waals surface area (Å²) in [5.41, 5.74) is 1.65. The lowest BCUT2D eigenvalue weighted by atomic mass is 10.2. The number of hydrogen-bond donors (Lipinski definition) is 1. The smallest absolute Gasteiger partial charge is 0.175 e. The molecule has 2 rings (SSSR count). The lowest BCUT2D eigenvalue weighted by molar-refractivity contribution is 0.101. The Morgan fingerprint density at radius 2 is 2.15 bits per heavy atom. The highest BCUT2D eigenvalue weighted by molar-refractivity contribution is 9.10. The molecule has 0 atom stereocenters. The predicted octanol–water partition coefficient (Wildman–Crippen LogP) is 3.13. The van der Waals surface area contributed by atoms with E-state index < -0.39 is 0 Å². The second-order valence-corrected chi connectivity index (χ2v) is 3.89. The molecular weight excluding hydrogens is 230 g/mol. The van der Waals surface area contributed by atoms with Crippen LogP contribution in [0.5, 0.6) is 0 Å². The SMILES string of the molecule is CC(=O)c1cc2ccc(Br)cc2[nH]1. The summed E-state index contributed by atoms with van der Waals surface area (Å²) < 4.78 is 1.01. The summed E-state index contributed by atoms with van der Waals surface area (Å²) in [4.78, 5) is 14.1. The number of hydrogen-bond acceptors (Lipinski definition) is 1. The third-order valence-electron chi connectivity index (χ3n) is 1.96. The molecule has 13 heavy (non-hydrogen) atoms. The molecule has 1 aromatic heterocycles. The van der Waals surface area contributed by atoms with E-state index in [4.69, 9.17) is 0 Å². The standard InChI is InChI=1S/C10H8BrNO/c1-6(13)9-4-7-2-3-8(11)5-10(7)12-9/h2-5,12H,1H3. The van der Waals surface area contributed by atoms with Crippen molar-refractivity contribution in [3.8, 4) is 0 Å². The second-order valence-electron chi connectivity index (χ2n) is 2.97. The first kappa shape index (κ1) is 8.51. The Morgan fingerprint density at radius 3 is 2.85 bits per heavy atom. The Kier molecular flexibility index (Phi) is 1.96. The summed E-state index contributed by atoms with van der Waals surface area (Å²) in [6, 6.07) is 7.76. The molecule has 0 aliphatic carbocycles. The molecule has 0 bridgehead atoms. The highest BCUT2D eigenvalue weighted by Crippen LogP contribution is 2.20. The first-order valence-electron chi connectivity index (χ1n) is 3.96. The van der Waals surface area contributed by atoms with Gasteiger partial charge in [-0.3, -0.25) is 4.79 Å². The van der Waals surface area contributed by atoms with E-state index in [-0.39, 0.29) is 5.78 Å². The molecule has 2 nitrogen and oxygen atoms in total. The van der Waals surface area contributed by atoms with Crippen LogP contribution < -0.4 is 0 Å². The molecular formula is C10H8BrNO. The van der Waals surface area contributed by atoms with Gasteiger partial charge < -0.3 is 4.98 Å². The fourth-order valence-corrected chi connectivity index (χ4v) is 1.65. The zero-order chi connectivity index (χ0) is 9.42. The molecule has 66 valence electrons. The van der Waals surface area contributed by atoms with Gasteiger partial charge in [0.1, 0.15) is 0 Å². The van der Waals surface area contributed by atoms with Crippen molar-refractivity contribution in [2.45, 2.75) is 6.92 Å². The summed E-state index contributed by atoms with van der Waals surface area (Å²) in [5, 5.41) is 1.06. The van der Waals surface area contributed by atoms with Crippen molar-refractivity contribution in [3.63, 3.8) is 0 Å². The molecule has 0 spiro atoms. The maximum absolute atomic E-state index is 11.1. The van der Waals surface area contributed by atoms with E-state index in [9.17, 15) is 4.79 Å². The van der Waals surface area contributed by atoms with Crippen LogP contribution in [-0.2, 0) is 0 Å². The Morgan fingerprint density at radius 1 is 1.38 bits per heavy atom. The van der Waals surface area contributed by atoms with E-state index in [1.165, 1.54) is 0 Å². The van der Waals surface area contributed by atoms with Gasteiger partial charge in [0.05, 0.1) is 5.69 Å². The van der Waals surface area contributed by atoms with Crippen molar-refractivity contribution in [1.82, 2.24) is 4.98 Å². The molecule has 1 aromatic carbocycles. The number of aromatic amines is 1. The molecule has 1 N–H and O–H groups in total. The molecule has 0 fully saturated rings. The number of carbonyl (C=O) groups excluding carboxylic acids is 1. The predicted molar refractivity (Wildman–Crippen MR) is 56.0 cm³/mol. The number of aromatic nitrogens is 1. The summed E-state index contributed by atoms with van der Waals surface area (Å²) in [6.07, 6.45) is 0. The largest absolute Gasteiger partial charge is 0.352 e. The summed E-state index contributed by atoms with van der Waals surface area (Å²) in [7, 11) is 0. The third kappa shape index (κ3) is 1.52. The molecule has 0 saturated heterocycles. The van der Waals surface area contributed by atoms with E-state index in [2.05, 4.69) is 20.9 Å². The summed E-state index contributed by atoms with van der Waals surface area (Å²) >= 11 is 3.37. The normalized spacial score (nSPS) is 10.6. The maximum atomic E-state index is 11.1. The van der Waals surface area contributed by atoms with Gasteiger partial charge in [-0.1, -0.05) is 22.0 Å². The van der Waals surface area contributed by atoms with Gasteiger partial charge in [-0.15, -0.1) is 0 Å². The molecule has 0 aliphatic heterocycles. The first-order chi connectivity index (χ1) is 6.16. The summed E-state index contributed by atoms with van der Waals surface area (Å²) in [5.74, 6) is 0.0623. The van der Waals surface area contributed by atoms with Crippen LogP contribution in [-0.4, -0.2) is 10.8 Å². The Hall–Kier alpha value is -1.09. The number of benzene rings is 1. The van der Waals surface area contributed by atoms with Gasteiger partial charge in [0.15, 0.2) is 5.78 Å². The van der Waals surface area contributed by atoms with Crippen LogP contribution in [0.4, 0.5) is 0 Å². The van der Waals surface area contributed by atoms with Crippen molar-refractivity contribution < 1.29 is 4.79 Å². The molecule has 0 unspecified atom stereocenters. The summed E-state index contributed by atoms with van der Waals surface area (Å²) in [6.45, 7) is 1.56. The van der Waals surface area contributed by atoms with Crippen molar-refractivity contribution in [3.05, 3.63) is 34.4 Å². The zero-order valence-electron chi connectivity index (χ0n) is 7.10. The van der Waals surface area contributed by atoms with Gasteiger partial charge >= 0.3 is 0 Å². The zero-order valence-corrected chi connectivity index (χ0v) is 8.68. The number of rotatable bonds is 1. The lowest BCUT2D eigenvalue weighted by Gasteiger charge is -1.89. The van der Waals surface area contributed by atoms with Gasteiger partial charge in [0.25, 0.3) is 0 Å². The highest BCUT2D eigenvalue weighted by atomic mass is 79.9. The van der Waals surface area contributed by atoms with Crippen LogP contribution >= 0.6 is 15.9 Å². The quantitative estimate of drug-likeness (QED) is 0.760. The molecule has 0 aliphatic rings. The maximum Gasteiger partial charge on any atom is 0.175 e. The minimum absolute atomic E-state index is 0.0623. The van der Waals surface area contributed by atoms with Gasteiger partial charge in [-0.25, -0.2) is 0 Å². The molecule has 0 radical (unpaired) electrons. The van der Waals surface area contributed by atoms with E-state index in [0.29, 0.717) is 5.69 Å². The number of halogens is 1. The lowest BCUT2D eigenvalue weighted by Crippen LogP contribution is -1.89. The molecule has 1 heterocycles. The van der Waals surface area contributed by atoms with Crippen LogP contribution in [0.3, 0.4) is 0 Å². The van der Waals surface area contributed by atoms with Gasteiger partial charge in [-0.2, -0.15) is 0 Å². The van der Waals surface area contributed by atoms with Gasteiger partial charge in [-0.05, 0) is 18.2 Å². The molecule has 3 heteroatoms. The van der Waals surface area contributed by atoms with Gasteiger partial charge in [0, 0.05) is 22.3 Å². The van der Waals surface area contributed by atoms with Gasteiger partial charge in [0.2, 0.25) is 0 Å². The van der Waals surface area contributed by atoms with E-state index in [1.54, 1.807) is 6.92 Å². The number of carbonyl (C=O) groups is 1. The van der Waals surface area contributed by atoms with Crippen LogP contribution in [0.1, 0.15) is 17.4 Å². The number of ketones is 1. The fraction of sp³-hybridized carbons (Fsp3) is 0.100. The second kappa shape index (κ2) is 3.00. The van der Waals surface area contributed by atoms with Crippen LogP contribution in [0.2, 0.25) is 0 Å². The number of H-pyrrole nitrogens is 1. The van der Waals surface area contributed by atoms with E-state index in [1.807, 2.05) is 24.3 Å². The Bertz CT molecular complexity index is 473. The van der Waals surface area contributed by atoms with E-state index in [0.717, 1.165) is 15.4 Å². The fourth-order valence-electron chi connectivity index (χ4n) is 1.29. The topological polar surface area (TPSA) is 32.9 Å². The van der Waals surface area contributed by atoms with Crippen molar-refractivity contribution >= 4 is 32.6 Å². The third-order valence-corrected chi connectivity index (χ3v) is 2.46. The van der Waals surface area contributed by atoms with Crippen molar-refractivity contribution in [2.24, 2.45) is 0 Å². The number of nitrogens with one attached hydrogen (secondary N) is 1. The monoisotopic (exact) mass is 237 g/mol.